The highest BCUT2D eigenvalue weighted by molar-refractivity contribution is 4.89. The molecule has 1 aliphatic rings. The van der Waals surface area contributed by atoms with Crippen LogP contribution in [0.3, 0.4) is 0 Å². The third kappa shape index (κ3) is 3.30. The summed E-state index contributed by atoms with van der Waals surface area (Å²) in [5, 5.41) is 9.15. The molecule has 2 rings (SSSR count). The molecule has 1 fully saturated rings. The maximum Gasteiger partial charge on any atom is 0.105 e. The van der Waals surface area contributed by atoms with Crippen LogP contribution in [0.5, 0.6) is 0 Å². The maximum atomic E-state index is 9.15. The molecule has 1 aromatic heterocycles. The van der Waals surface area contributed by atoms with E-state index in [1.54, 1.807) is 0 Å². The van der Waals surface area contributed by atoms with Gasteiger partial charge in [0.2, 0.25) is 0 Å². The number of aliphatic hydroxyl groups excluding tert-OH is 1. The van der Waals surface area contributed by atoms with Crippen LogP contribution in [0, 0.1) is 6.92 Å². The van der Waals surface area contributed by atoms with Gasteiger partial charge in [-0.3, -0.25) is 4.90 Å². The molecule has 0 amide bonds. The maximum absolute atomic E-state index is 9.15. The smallest absolute Gasteiger partial charge is 0.105 e. The number of aryl methyl sites for hydroxylation is 1. The van der Waals surface area contributed by atoms with E-state index in [1.165, 1.54) is 25.7 Å². The molecule has 0 bridgehead atoms. The second-order valence-corrected chi connectivity index (χ2v) is 4.87. The minimum Gasteiger partial charge on any atom is -0.395 e. The zero-order valence-electron chi connectivity index (χ0n) is 10.7. The fourth-order valence-corrected chi connectivity index (χ4v) is 2.75. The highest BCUT2D eigenvalue weighted by Crippen LogP contribution is 2.23. The fourth-order valence-electron chi connectivity index (χ4n) is 2.75. The minimum absolute atomic E-state index is 0.263. The van der Waals surface area contributed by atoms with Gasteiger partial charge in [-0.05, 0) is 19.8 Å². The second kappa shape index (κ2) is 6.17. The monoisotopic (exact) mass is 237 g/mol. The number of hydrogen-bond acceptors (Lipinski definition) is 3. The zero-order valence-corrected chi connectivity index (χ0v) is 10.7. The van der Waals surface area contributed by atoms with Crippen molar-refractivity contribution in [2.75, 3.05) is 19.7 Å². The summed E-state index contributed by atoms with van der Waals surface area (Å²) < 4.78 is 2.18. The Balaban J connectivity index is 1.86. The van der Waals surface area contributed by atoms with Gasteiger partial charge in [0.05, 0.1) is 6.61 Å². The predicted molar refractivity (Wildman–Crippen MR) is 67.9 cm³/mol. The lowest BCUT2D eigenvalue weighted by Gasteiger charge is -2.28. The Morgan fingerprint density at radius 1 is 1.41 bits per heavy atom. The topological polar surface area (TPSA) is 41.3 Å². The molecule has 0 radical (unpaired) electrons. The van der Waals surface area contributed by atoms with Crippen molar-refractivity contribution >= 4 is 0 Å². The number of aromatic nitrogens is 2. The van der Waals surface area contributed by atoms with E-state index in [-0.39, 0.29) is 6.61 Å². The number of aliphatic hydroxyl groups is 1. The van der Waals surface area contributed by atoms with Crippen molar-refractivity contribution < 1.29 is 5.11 Å². The van der Waals surface area contributed by atoms with Gasteiger partial charge in [0.25, 0.3) is 0 Å². The Morgan fingerprint density at radius 2 is 2.18 bits per heavy atom. The molecule has 0 unspecified atom stereocenters. The summed E-state index contributed by atoms with van der Waals surface area (Å²) in [4.78, 5) is 6.67. The molecule has 4 heteroatoms. The second-order valence-electron chi connectivity index (χ2n) is 4.87. The molecule has 0 atom stereocenters. The molecule has 1 aliphatic carbocycles. The minimum atomic E-state index is 0.263. The lowest BCUT2D eigenvalue weighted by molar-refractivity contribution is 0.147. The summed E-state index contributed by atoms with van der Waals surface area (Å²) in [5.41, 5.74) is 0. The molecule has 0 aliphatic heterocycles. The van der Waals surface area contributed by atoms with Crippen LogP contribution in [0.15, 0.2) is 12.4 Å². The van der Waals surface area contributed by atoms with Crippen molar-refractivity contribution in [1.82, 2.24) is 14.5 Å². The van der Waals surface area contributed by atoms with Gasteiger partial charge < -0.3 is 9.67 Å². The normalized spacial score (nSPS) is 17.1. The first-order chi connectivity index (χ1) is 8.31. The number of hydrogen-bond donors (Lipinski definition) is 1. The van der Waals surface area contributed by atoms with Crippen LogP contribution in [0.2, 0.25) is 0 Å². The van der Waals surface area contributed by atoms with Gasteiger partial charge in [-0.15, -0.1) is 0 Å². The highest BCUT2D eigenvalue weighted by atomic mass is 16.3. The van der Waals surface area contributed by atoms with E-state index in [0.717, 1.165) is 25.5 Å². The van der Waals surface area contributed by atoms with E-state index in [0.29, 0.717) is 6.04 Å². The average molecular weight is 237 g/mol. The van der Waals surface area contributed by atoms with Crippen molar-refractivity contribution in [3.63, 3.8) is 0 Å². The number of imidazole rings is 1. The van der Waals surface area contributed by atoms with Crippen molar-refractivity contribution in [3.8, 4) is 0 Å². The van der Waals surface area contributed by atoms with E-state index in [9.17, 15) is 0 Å². The van der Waals surface area contributed by atoms with Gasteiger partial charge >= 0.3 is 0 Å². The van der Waals surface area contributed by atoms with Crippen LogP contribution >= 0.6 is 0 Å². The lowest BCUT2D eigenvalue weighted by atomic mass is 10.2. The van der Waals surface area contributed by atoms with E-state index >= 15 is 0 Å². The third-order valence-electron chi connectivity index (χ3n) is 3.78. The van der Waals surface area contributed by atoms with Crippen molar-refractivity contribution in [3.05, 3.63) is 18.2 Å². The Hall–Kier alpha value is -0.870. The summed E-state index contributed by atoms with van der Waals surface area (Å²) in [6.07, 6.45) is 9.15. The van der Waals surface area contributed by atoms with Gasteiger partial charge in [-0.2, -0.15) is 0 Å². The molecule has 0 saturated heterocycles. The zero-order chi connectivity index (χ0) is 12.1. The summed E-state index contributed by atoms with van der Waals surface area (Å²) in [6.45, 7) is 5.09. The van der Waals surface area contributed by atoms with E-state index in [4.69, 9.17) is 5.11 Å². The summed E-state index contributed by atoms with van der Waals surface area (Å²) in [5.74, 6) is 1.07. The van der Waals surface area contributed by atoms with Crippen LogP contribution in [0.25, 0.3) is 0 Å². The number of nitrogens with zero attached hydrogens (tertiary/aromatic N) is 3. The van der Waals surface area contributed by atoms with E-state index in [1.807, 2.05) is 19.3 Å². The first-order valence-electron chi connectivity index (χ1n) is 6.64. The van der Waals surface area contributed by atoms with Gasteiger partial charge in [0.1, 0.15) is 5.82 Å². The van der Waals surface area contributed by atoms with Crippen LogP contribution in [0.1, 0.15) is 31.5 Å². The SMILES string of the molecule is Cc1nccn1CCN(CCO)C1CCCC1. The Kier molecular flexibility index (Phi) is 4.57. The summed E-state index contributed by atoms with van der Waals surface area (Å²) >= 11 is 0. The van der Waals surface area contributed by atoms with Gasteiger partial charge in [0, 0.05) is 38.1 Å². The molecule has 4 nitrogen and oxygen atoms in total. The molecule has 17 heavy (non-hydrogen) atoms. The third-order valence-corrected chi connectivity index (χ3v) is 3.78. The van der Waals surface area contributed by atoms with Crippen LogP contribution in [-0.2, 0) is 6.54 Å². The fraction of sp³-hybridized carbons (Fsp3) is 0.769. The molecule has 0 aromatic carbocycles. The summed E-state index contributed by atoms with van der Waals surface area (Å²) in [6, 6.07) is 0.686. The molecular weight excluding hydrogens is 214 g/mol. The Morgan fingerprint density at radius 3 is 2.76 bits per heavy atom. The largest absolute Gasteiger partial charge is 0.395 e. The lowest BCUT2D eigenvalue weighted by Crippen LogP contribution is -2.38. The van der Waals surface area contributed by atoms with E-state index in [2.05, 4.69) is 14.5 Å². The van der Waals surface area contributed by atoms with E-state index < -0.39 is 0 Å². The molecule has 1 N–H and O–H groups in total. The average Bonchev–Trinajstić information content (AvgIpc) is 2.96. The Labute approximate surface area is 103 Å². The quantitative estimate of drug-likeness (QED) is 0.813. The van der Waals surface area contributed by atoms with Gasteiger partial charge in [0.15, 0.2) is 0 Å². The first-order valence-corrected chi connectivity index (χ1v) is 6.64. The van der Waals surface area contributed by atoms with Crippen LogP contribution in [0.4, 0.5) is 0 Å². The molecule has 0 spiro atoms. The molecule has 1 saturated carbocycles. The molecule has 1 aromatic rings. The summed E-state index contributed by atoms with van der Waals surface area (Å²) in [7, 11) is 0. The van der Waals surface area contributed by atoms with Crippen molar-refractivity contribution in [2.45, 2.75) is 45.2 Å². The van der Waals surface area contributed by atoms with Crippen molar-refractivity contribution in [1.29, 1.82) is 0 Å². The van der Waals surface area contributed by atoms with Crippen LogP contribution in [-0.4, -0.2) is 45.3 Å². The Bertz CT molecular complexity index is 331. The van der Waals surface area contributed by atoms with Gasteiger partial charge in [-0.1, -0.05) is 12.8 Å². The highest BCUT2D eigenvalue weighted by Gasteiger charge is 2.21. The first kappa shape index (κ1) is 12.6. The molecular formula is C13H23N3O. The standard InChI is InChI=1S/C13H23N3O/c1-12-14-6-7-15(12)8-9-16(10-11-17)13-4-2-3-5-13/h6-7,13,17H,2-5,8-11H2,1H3. The molecule has 1 heterocycles. The predicted octanol–water partition coefficient (Wildman–Crippen LogP) is 1.43. The van der Waals surface area contributed by atoms with Crippen LogP contribution < -0.4 is 0 Å². The molecule has 96 valence electrons. The van der Waals surface area contributed by atoms with Gasteiger partial charge in [-0.25, -0.2) is 4.98 Å². The number of rotatable bonds is 6. The van der Waals surface area contributed by atoms with Crippen molar-refractivity contribution in [2.24, 2.45) is 0 Å².